The lowest BCUT2D eigenvalue weighted by Crippen LogP contribution is -2.20. The van der Waals surface area contributed by atoms with Gasteiger partial charge in [0.25, 0.3) is 5.91 Å². The van der Waals surface area contributed by atoms with Crippen molar-refractivity contribution in [3.05, 3.63) is 89.4 Å². The number of benzene rings is 3. The van der Waals surface area contributed by atoms with Crippen molar-refractivity contribution in [3.8, 4) is 5.75 Å². The molecule has 3 aromatic rings. The van der Waals surface area contributed by atoms with E-state index < -0.39 is 0 Å². The molecule has 3 aromatic carbocycles. The minimum Gasteiger partial charge on any atom is -0.482 e. The van der Waals surface area contributed by atoms with Crippen LogP contribution in [-0.2, 0) is 11.3 Å². The first kappa shape index (κ1) is 17.8. The molecule has 26 heavy (non-hydrogen) atoms. The normalized spacial score (nSPS) is 10.2. The van der Waals surface area contributed by atoms with Gasteiger partial charge in [0.05, 0.1) is 5.02 Å². The molecule has 4 nitrogen and oxygen atoms in total. The lowest BCUT2D eigenvalue weighted by atomic mass is 10.2. The van der Waals surface area contributed by atoms with E-state index in [1.165, 1.54) is 0 Å². The van der Waals surface area contributed by atoms with Gasteiger partial charge in [0, 0.05) is 17.9 Å². The smallest absolute Gasteiger partial charge is 0.262 e. The molecule has 1 amide bonds. The number of amides is 1. The van der Waals surface area contributed by atoms with Crippen molar-refractivity contribution in [3.63, 3.8) is 0 Å². The quantitative estimate of drug-likeness (QED) is 0.620. The van der Waals surface area contributed by atoms with Crippen LogP contribution in [0.3, 0.4) is 0 Å². The minimum atomic E-state index is -0.234. The SMILES string of the molecule is O=C(COc1ccc(CNc2ccccc2)cc1Cl)Nc1ccccc1. The molecule has 0 spiro atoms. The molecule has 0 bridgehead atoms. The molecular formula is C21H19ClN2O2. The summed E-state index contributed by atoms with van der Waals surface area (Å²) in [6.07, 6.45) is 0. The topological polar surface area (TPSA) is 50.4 Å². The molecule has 0 radical (unpaired) electrons. The van der Waals surface area contributed by atoms with Gasteiger partial charge in [-0.25, -0.2) is 0 Å². The van der Waals surface area contributed by atoms with Gasteiger partial charge < -0.3 is 15.4 Å². The molecule has 132 valence electrons. The molecule has 2 N–H and O–H groups in total. The van der Waals surface area contributed by atoms with Crippen molar-refractivity contribution in [1.29, 1.82) is 0 Å². The van der Waals surface area contributed by atoms with Crippen LogP contribution in [0, 0.1) is 0 Å². The summed E-state index contributed by atoms with van der Waals surface area (Å²) < 4.78 is 5.52. The number of nitrogens with one attached hydrogen (secondary N) is 2. The van der Waals surface area contributed by atoms with Gasteiger partial charge in [0.1, 0.15) is 5.75 Å². The zero-order chi connectivity index (χ0) is 18.2. The Morgan fingerprint density at radius 2 is 1.54 bits per heavy atom. The molecule has 0 aromatic heterocycles. The highest BCUT2D eigenvalue weighted by molar-refractivity contribution is 6.32. The standard InChI is InChI=1S/C21H19ClN2O2/c22-19-13-16(14-23-17-7-3-1-4-8-17)11-12-20(19)26-15-21(25)24-18-9-5-2-6-10-18/h1-13,23H,14-15H2,(H,24,25). The summed E-state index contributed by atoms with van der Waals surface area (Å²) in [6.45, 7) is 0.550. The van der Waals surface area contributed by atoms with Gasteiger partial charge >= 0.3 is 0 Å². The Bertz CT molecular complexity index is 854. The first-order valence-corrected chi connectivity index (χ1v) is 8.63. The maximum atomic E-state index is 11.9. The van der Waals surface area contributed by atoms with Crippen LogP contribution >= 0.6 is 11.6 Å². The summed E-state index contributed by atoms with van der Waals surface area (Å²) in [5.41, 5.74) is 2.80. The fourth-order valence-corrected chi connectivity index (χ4v) is 2.65. The Balaban J connectivity index is 1.52. The molecule has 0 saturated heterocycles. The van der Waals surface area contributed by atoms with E-state index in [4.69, 9.17) is 16.3 Å². The molecule has 3 rings (SSSR count). The second-order valence-electron chi connectivity index (χ2n) is 5.69. The zero-order valence-electron chi connectivity index (χ0n) is 14.1. The maximum Gasteiger partial charge on any atom is 0.262 e. The van der Waals surface area contributed by atoms with Crippen LogP contribution in [0.25, 0.3) is 0 Å². The van der Waals surface area contributed by atoms with Crippen molar-refractivity contribution in [2.75, 3.05) is 17.2 Å². The molecule has 0 unspecified atom stereocenters. The van der Waals surface area contributed by atoms with Crippen LogP contribution in [0.2, 0.25) is 5.02 Å². The molecule has 0 aliphatic rings. The fraction of sp³-hybridized carbons (Fsp3) is 0.0952. The van der Waals surface area contributed by atoms with Gasteiger partial charge in [-0.05, 0) is 42.0 Å². The van der Waals surface area contributed by atoms with Crippen molar-refractivity contribution in [2.24, 2.45) is 0 Å². The Morgan fingerprint density at radius 3 is 2.19 bits per heavy atom. The Kier molecular flexibility index (Phi) is 6.12. The number of hydrogen-bond acceptors (Lipinski definition) is 3. The third-order valence-corrected chi connectivity index (χ3v) is 3.98. The molecule has 0 aliphatic heterocycles. The number of para-hydroxylation sites is 2. The largest absolute Gasteiger partial charge is 0.482 e. The third kappa shape index (κ3) is 5.26. The second kappa shape index (κ2) is 8.92. The van der Waals surface area contributed by atoms with E-state index in [0.29, 0.717) is 17.3 Å². The van der Waals surface area contributed by atoms with Crippen LogP contribution in [-0.4, -0.2) is 12.5 Å². The number of carbonyl (C=O) groups is 1. The summed E-state index contributed by atoms with van der Waals surface area (Å²) in [4.78, 5) is 11.9. The van der Waals surface area contributed by atoms with Crippen molar-refractivity contribution >= 4 is 28.9 Å². The van der Waals surface area contributed by atoms with Gasteiger partial charge in [0.2, 0.25) is 0 Å². The van der Waals surface area contributed by atoms with Gasteiger partial charge in [0.15, 0.2) is 6.61 Å². The lowest BCUT2D eigenvalue weighted by Gasteiger charge is -2.11. The van der Waals surface area contributed by atoms with E-state index >= 15 is 0 Å². The summed E-state index contributed by atoms with van der Waals surface area (Å²) in [7, 11) is 0. The highest BCUT2D eigenvalue weighted by Crippen LogP contribution is 2.26. The first-order valence-electron chi connectivity index (χ1n) is 8.26. The number of rotatable bonds is 7. The minimum absolute atomic E-state index is 0.101. The van der Waals surface area contributed by atoms with E-state index in [1.54, 1.807) is 6.07 Å². The van der Waals surface area contributed by atoms with Crippen molar-refractivity contribution in [2.45, 2.75) is 6.54 Å². The van der Waals surface area contributed by atoms with Crippen LogP contribution in [0.5, 0.6) is 5.75 Å². The molecule has 5 heteroatoms. The summed E-state index contributed by atoms with van der Waals surface area (Å²) in [5, 5.41) is 6.56. The van der Waals surface area contributed by atoms with E-state index in [0.717, 1.165) is 16.9 Å². The molecule has 0 aliphatic carbocycles. The molecule has 0 saturated carbocycles. The van der Waals surface area contributed by atoms with Crippen molar-refractivity contribution < 1.29 is 9.53 Å². The summed E-state index contributed by atoms with van der Waals surface area (Å²) in [6, 6.07) is 24.7. The Labute approximate surface area is 157 Å². The predicted octanol–water partition coefficient (Wildman–Crippen LogP) is 4.97. The number of hydrogen-bond donors (Lipinski definition) is 2. The average molecular weight is 367 g/mol. The van der Waals surface area contributed by atoms with Gasteiger partial charge in [-0.1, -0.05) is 54.1 Å². The Hall–Kier alpha value is -2.98. The highest BCUT2D eigenvalue weighted by atomic mass is 35.5. The number of anilines is 2. The highest BCUT2D eigenvalue weighted by Gasteiger charge is 2.07. The summed E-state index contributed by atoms with van der Waals surface area (Å²) in [5.74, 6) is 0.250. The van der Waals surface area contributed by atoms with Gasteiger partial charge in [-0.2, -0.15) is 0 Å². The van der Waals surface area contributed by atoms with E-state index in [2.05, 4.69) is 10.6 Å². The predicted molar refractivity (Wildman–Crippen MR) is 106 cm³/mol. The van der Waals surface area contributed by atoms with Crippen LogP contribution < -0.4 is 15.4 Å². The van der Waals surface area contributed by atoms with E-state index in [9.17, 15) is 4.79 Å². The zero-order valence-corrected chi connectivity index (χ0v) is 14.9. The fourth-order valence-electron chi connectivity index (χ4n) is 2.39. The second-order valence-corrected chi connectivity index (χ2v) is 6.09. The molecule has 0 heterocycles. The van der Waals surface area contributed by atoms with Crippen LogP contribution in [0.15, 0.2) is 78.9 Å². The van der Waals surface area contributed by atoms with Gasteiger partial charge in [-0.3, -0.25) is 4.79 Å². The maximum absolute atomic E-state index is 11.9. The average Bonchev–Trinajstić information content (AvgIpc) is 2.67. The van der Waals surface area contributed by atoms with E-state index in [1.807, 2.05) is 72.8 Å². The number of halogens is 1. The Morgan fingerprint density at radius 1 is 0.885 bits per heavy atom. The van der Waals surface area contributed by atoms with Gasteiger partial charge in [-0.15, -0.1) is 0 Å². The lowest BCUT2D eigenvalue weighted by molar-refractivity contribution is -0.118. The third-order valence-electron chi connectivity index (χ3n) is 3.68. The van der Waals surface area contributed by atoms with Crippen LogP contribution in [0.1, 0.15) is 5.56 Å². The monoisotopic (exact) mass is 366 g/mol. The molecule has 0 fully saturated rings. The van der Waals surface area contributed by atoms with Crippen molar-refractivity contribution in [1.82, 2.24) is 0 Å². The molecular weight excluding hydrogens is 348 g/mol. The van der Waals surface area contributed by atoms with E-state index in [-0.39, 0.29) is 12.5 Å². The number of carbonyl (C=O) groups excluding carboxylic acids is 1. The summed E-state index contributed by atoms with van der Waals surface area (Å²) >= 11 is 6.27. The number of ether oxygens (including phenoxy) is 1. The first-order chi connectivity index (χ1) is 12.7. The van der Waals surface area contributed by atoms with Crippen LogP contribution in [0.4, 0.5) is 11.4 Å². The molecule has 0 atom stereocenters.